The Morgan fingerprint density at radius 2 is 1.92 bits per heavy atom. The van der Waals surface area contributed by atoms with Crippen LogP contribution in [0.25, 0.3) is 0 Å². The second-order valence-electron chi connectivity index (χ2n) is 3.01. The average Bonchev–Trinajstić information content (AvgIpc) is 2.03. The monoisotopic (exact) mass is 164 g/mol. The molecule has 0 N–H and O–H groups in total. The van der Waals surface area contributed by atoms with Gasteiger partial charge in [0.1, 0.15) is 5.75 Å². The molecule has 2 rings (SSSR count). The SMILES string of the molecule is COc1ccc(C2COC2)cc1. The minimum absolute atomic E-state index is 0.607. The van der Waals surface area contributed by atoms with Gasteiger partial charge in [0.05, 0.1) is 20.3 Å². The van der Waals surface area contributed by atoms with E-state index < -0.39 is 0 Å². The minimum atomic E-state index is 0.607. The van der Waals surface area contributed by atoms with Crippen LogP contribution in [0.2, 0.25) is 0 Å². The Kier molecular flexibility index (Phi) is 2.00. The second kappa shape index (κ2) is 3.15. The molecule has 1 fully saturated rings. The maximum absolute atomic E-state index is 5.11. The summed E-state index contributed by atoms with van der Waals surface area (Å²) in [6, 6.07) is 8.19. The third-order valence-electron chi connectivity index (χ3n) is 2.23. The van der Waals surface area contributed by atoms with Crippen LogP contribution in [0.3, 0.4) is 0 Å². The smallest absolute Gasteiger partial charge is 0.118 e. The van der Waals surface area contributed by atoms with Crippen LogP contribution in [-0.2, 0) is 4.74 Å². The summed E-state index contributed by atoms with van der Waals surface area (Å²) in [5.41, 5.74) is 1.35. The van der Waals surface area contributed by atoms with E-state index in [1.165, 1.54) is 5.56 Å². The number of methoxy groups -OCH3 is 1. The first kappa shape index (κ1) is 7.62. The van der Waals surface area contributed by atoms with Gasteiger partial charge in [-0.1, -0.05) is 12.1 Å². The zero-order valence-corrected chi connectivity index (χ0v) is 7.12. The van der Waals surface area contributed by atoms with Gasteiger partial charge in [0.25, 0.3) is 0 Å². The van der Waals surface area contributed by atoms with Crippen LogP contribution in [0.4, 0.5) is 0 Å². The standard InChI is InChI=1S/C10H12O2/c1-11-10-4-2-8(3-5-10)9-6-12-7-9/h2-5,9H,6-7H2,1H3. The second-order valence-corrected chi connectivity index (χ2v) is 3.01. The summed E-state index contributed by atoms with van der Waals surface area (Å²) in [7, 11) is 1.68. The molecule has 1 aliphatic heterocycles. The van der Waals surface area contributed by atoms with Gasteiger partial charge in [-0.2, -0.15) is 0 Å². The first-order valence-corrected chi connectivity index (χ1v) is 4.12. The Morgan fingerprint density at radius 3 is 2.33 bits per heavy atom. The van der Waals surface area contributed by atoms with E-state index in [1.54, 1.807) is 7.11 Å². The molecular formula is C10H12O2. The van der Waals surface area contributed by atoms with E-state index >= 15 is 0 Å². The van der Waals surface area contributed by atoms with Crippen LogP contribution in [0.1, 0.15) is 11.5 Å². The lowest BCUT2D eigenvalue weighted by atomic mass is 9.98. The molecule has 0 aliphatic carbocycles. The number of rotatable bonds is 2. The van der Waals surface area contributed by atoms with Crippen molar-refractivity contribution in [2.45, 2.75) is 5.92 Å². The van der Waals surface area contributed by atoms with Gasteiger partial charge >= 0.3 is 0 Å². The van der Waals surface area contributed by atoms with Crippen LogP contribution in [0.15, 0.2) is 24.3 Å². The first-order chi connectivity index (χ1) is 5.90. The molecule has 2 nitrogen and oxygen atoms in total. The Hall–Kier alpha value is -1.02. The van der Waals surface area contributed by atoms with Crippen LogP contribution in [0, 0.1) is 0 Å². The van der Waals surface area contributed by atoms with Crippen LogP contribution < -0.4 is 4.74 Å². The van der Waals surface area contributed by atoms with E-state index in [2.05, 4.69) is 12.1 Å². The molecule has 0 atom stereocenters. The first-order valence-electron chi connectivity index (χ1n) is 4.12. The van der Waals surface area contributed by atoms with E-state index in [-0.39, 0.29) is 0 Å². The summed E-state index contributed by atoms with van der Waals surface area (Å²) in [5, 5.41) is 0. The zero-order chi connectivity index (χ0) is 8.39. The summed E-state index contributed by atoms with van der Waals surface area (Å²) < 4.78 is 10.2. The van der Waals surface area contributed by atoms with Gasteiger partial charge < -0.3 is 9.47 Å². The Labute approximate surface area is 72.1 Å². The van der Waals surface area contributed by atoms with Crippen molar-refractivity contribution in [2.24, 2.45) is 0 Å². The maximum atomic E-state index is 5.11. The van der Waals surface area contributed by atoms with Gasteiger partial charge in [-0.3, -0.25) is 0 Å². The molecule has 1 aliphatic rings. The largest absolute Gasteiger partial charge is 0.497 e. The summed E-state index contributed by atoms with van der Waals surface area (Å²) in [5.74, 6) is 1.52. The molecule has 0 unspecified atom stereocenters. The number of hydrogen-bond donors (Lipinski definition) is 0. The normalized spacial score (nSPS) is 17.1. The number of benzene rings is 1. The minimum Gasteiger partial charge on any atom is -0.497 e. The Bertz CT molecular complexity index is 249. The highest BCUT2D eigenvalue weighted by Gasteiger charge is 2.19. The molecule has 1 heterocycles. The Morgan fingerprint density at radius 1 is 1.25 bits per heavy atom. The fraction of sp³-hybridized carbons (Fsp3) is 0.400. The molecule has 1 saturated heterocycles. The molecule has 0 spiro atoms. The van der Waals surface area contributed by atoms with E-state index in [9.17, 15) is 0 Å². The fourth-order valence-electron chi connectivity index (χ4n) is 1.30. The topological polar surface area (TPSA) is 18.5 Å². The lowest BCUT2D eigenvalue weighted by Crippen LogP contribution is -2.24. The van der Waals surface area contributed by atoms with Crippen molar-refractivity contribution < 1.29 is 9.47 Å². The predicted molar refractivity (Wildman–Crippen MR) is 46.6 cm³/mol. The molecule has 1 aromatic rings. The van der Waals surface area contributed by atoms with Crippen molar-refractivity contribution in [3.63, 3.8) is 0 Å². The van der Waals surface area contributed by atoms with Crippen molar-refractivity contribution in [1.29, 1.82) is 0 Å². The molecular weight excluding hydrogens is 152 g/mol. The number of hydrogen-bond acceptors (Lipinski definition) is 2. The van der Waals surface area contributed by atoms with Crippen LogP contribution in [-0.4, -0.2) is 20.3 Å². The van der Waals surface area contributed by atoms with Gasteiger partial charge in [-0.05, 0) is 17.7 Å². The van der Waals surface area contributed by atoms with Crippen molar-refractivity contribution in [2.75, 3.05) is 20.3 Å². The van der Waals surface area contributed by atoms with Crippen molar-refractivity contribution in [3.8, 4) is 5.75 Å². The average molecular weight is 164 g/mol. The Balaban J connectivity index is 2.13. The van der Waals surface area contributed by atoms with Crippen molar-refractivity contribution in [3.05, 3.63) is 29.8 Å². The van der Waals surface area contributed by atoms with Gasteiger partial charge in [-0.15, -0.1) is 0 Å². The lowest BCUT2D eigenvalue weighted by molar-refractivity contribution is 0.00840. The zero-order valence-electron chi connectivity index (χ0n) is 7.12. The molecule has 0 saturated carbocycles. The van der Waals surface area contributed by atoms with Gasteiger partial charge in [0.2, 0.25) is 0 Å². The lowest BCUT2D eigenvalue weighted by Gasteiger charge is -2.26. The fourth-order valence-corrected chi connectivity index (χ4v) is 1.30. The van der Waals surface area contributed by atoms with E-state index in [4.69, 9.17) is 9.47 Å². The summed E-state index contributed by atoms with van der Waals surface area (Å²) in [6.07, 6.45) is 0. The molecule has 1 aromatic carbocycles. The molecule has 0 radical (unpaired) electrons. The molecule has 0 bridgehead atoms. The summed E-state index contributed by atoms with van der Waals surface area (Å²) in [6.45, 7) is 1.73. The third kappa shape index (κ3) is 1.30. The molecule has 2 heteroatoms. The van der Waals surface area contributed by atoms with Crippen LogP contribution >= 0.6 is 0 Å². The van der Waals surface area contributed by atoms with E-state index in [0.717, 1.165) is 19.0 Å². The molecule has 12 heavy (non-hydrogen) atoms. The molecule has 0 aromatic heterocycles. The predicted octanol–water partition coefficient (Wildman–Crippen LogP) is 1.81. The quantitative estimate of drug-likeness (QED) is 0.663. The van der Waals surface area contributed by atoms with E-state index in [1.807, 2.05) is 12.1 Å². The summed E-state index contributed by atoms with van der Waals surface area (Å²) in [4.78, 5) is 0. The summed E-state index contributed by atoms with van der Waals surface area (Å²) >= 11 is 0. The van der Waals surface area contributed by atoms with Gasteiger partial charge in [-0.25, -0.2) is 0 Å². The number of ether oxygens (including phenoxy) is 2. The van der Waals surface area contributed by atoms with Gasteiger partial charge in [0, 0.05) is 5.92 Å². The van der Waals surface area contributed by atoms with Gasteiger partial charge in [0.15, 0.2) is 0 Å². The highest BCUT2D eigenvalue weighted by Crippen LogP contribution is 2.25. The molecule has 64 valence electrons. The van der Waals surface area contributed by atoms with Crippen molar-refractivity contribution >= 4 is 0 Å². The third-order valence-corrected chi connectivity index (χ3v) is 2.23. The van der Waals surface area contributed by atoms with Crippen molar-refractivity contribution in [1.82, 2.24) is 0 Å². The highest BCUT2D eigenvalue weighted by molar-refractivity contribution is 5.30. The maximum Gasteiger partial charge on any atom is 0.118 e. The van der Waals surface area contributed by atoms with Crippen LogP contribution in [0.5, 0.6) is 5.75 Å². The molecule has 0 amide bonds. The highest BCUT2D eigenvalue weighted by atomic mass is 16.5. The van der Waals surface area contributed by atoms with E-state index in [0.29, 0.717) is 5.92 Å².